The van der Waals surface area contributed by atoms with E-state index < -0.39 is 17.7 Å². The van der Waals surface area contributed by atoms with Gasteiger partial charge in [-0.25, -0.2) is 9.37 Å². The first-order valence-corrected chi connectivity index (χ1v) is 6.09. The molecule has 1 aromatic heterocycles. The van der Waals surface area contributed by atoms with Crippen LogP contribution in [0, 0.1) is 5.82 Å². The van der Waals surface area contributed by atoms with Crippen molar-refractivity contribution in [2.75, 3.05) is 11.9 Å². The molecule has 0 unspecified atom stereocenters. The molecule has 1 aromatic carbocycles. The van der Waals surface area contributed by atoms with E-state index in [1.165, 1.54) is 36.2 Å². The number of alkyl halides is 3. The number of nitrogens with two attached hydrogens (primary N) is 1. The van der Waals surface area contributed by atoms with Gasteiger partial charge in [0.1, 0.15) is 17.3 Å². The van der Waals surface area contributed by atoms with E-state index in [0.717, 1.165) is 6.07 Å². The number of pyridine rings is 1. The molecule has 2 aromatic rings. The Bertz CT molecular complexity index is 640. The van der Waals surface area contributed by atoms with Crippen LogP contribution in [0.4, 0.5) is 29.1 Å². The Kier molecular flexibility index (Phi) is 4.13. The lowest BCUT2D eigenvalue weighted by Gasteiger charge is -2.22. The van der Waals surface area contributed by atoms with Crippen LogP contribution in [0.1, 0.15) is 11.3 Å². The second kappa shape index (κ2) is 5.69. The van der Waals surface area contributed by atoms with Gasteiger partial charge in [-0.3, -0.25) is 0 Å². The predicted molar refractivity (Wildman–Crippen MR) is 71.6 cm³/mol. The summed E-state index contributed by atoms with van der Waals surface area (Å²) in [5.41, 5.74) is 5.34. The molecule has 0 bridgehead atoms. The molecule has 0 atom stereocenters. The Hall–Kier alpha value is -2.15. The van der Waals surface area contributed by atoms with Crippen molar-refractivity contribution in [3.8, 4) is 0 Å². The van der Waals surface area contributed by atoms with Crippen molar-refractivity contribution in [2.45, 2.75) is 12.7 Å². The van der Waals surface area contributed by atoms with Crippen LogP contribution in [0.25, 0.3) is 0 Å². The first kappa shape index (κ1) is 15.2. The fourth-order valence-electron chi connectivity index (χ4n) is 1.89. The molecular weight excluding hydrogens is 286 g/mol. The van der Waals surface area contributed by atoms with Gasteiger partial charge < -0.3 is 10.6 Å². The Morgan fingerprint density at radius 2 is 1.90 bits per heavy atom. The van der Waals surface area contributed by atoms with E-state index in [2.05, 4.69) is 4.98 Å². The predicted octanol–water partition coefficient (Wildman–Crippen LogP) is 3.47. The van der Waals surface area contributed by atoms with Crippen molar-refractivity contribution in [2.24, 2.45) is 5.73 Å². The molecule has 1 heterocycles. The van der Waals surface area contributed by atoms with Gasteiger partial charge in [-0.15, -0.1) is 0 Å². The van der Waals surface area contributed by atoms with Gasteiger partial charge in [-0.2, -0.15) is 13.2 Å². The highest BCUT2D eigenvalue weighted by molar-refractivity contribution is 5.62. The van der Waals surface area contributed by atoms with Crippen LogP contribution < -0.4 is 10.6 Å². The molecule has 0 saturated heterocycles. The molecule has 2 N–H and O–H groups in total. The molecular formula is C14H13F4N3. The number of benzene rings is 1. The van der Waals surface area contributed by atoms with Gasteiger partial charge in [0.15, 0.2) is 0 Å². The van der Waals surface area contributed by atoms with Gasteiger partial charge in [0, 0.05) is 24.8 Å². The molecule has 0 radical (unpaired) electrons. The van der Waals surface area contributed by atoms with Crippen LogP contribution in [0.5, 0.6) is 0 Å². The van der Waals surface area contributed by atoms with Crippen LogP contribution >= 0.6 is 0 Å². The largest absolute Gasteiger partial charge is 0.433 e. The van der Waals surface area contributed by atoms with E-state index in [-0.39, 0.29) is 12.4 Å². The normalized spacial score (nSPS) is 11.5. The van der Waals surface area contributed by atoms with E-state index in [1.807, 2.05) is 0 Å². The lowest BCUT2D eigenvalue weighted by atomic mass is 10.2. The van der Waals surface area contributed by atoms with Crippen molar-refractivity contribution in [1.82, 2.24) is 4.98 Å². The fourth-order valence-corrected chi connectivity index (χ4v) is 1.89. The van der Waals surface area contributed by atoms with Crippen LogP contribution in [0.2, 0.25) is 0 Å². The maximum atomic E-state index is 13.2. The summed E-state index contributed by atoms with van der Waals surface area (Å²) in [7, 11) is 1.51. The number of anilines is 2. The average Bonchev–Trinajstić information content (AvgIpc) is 2.44. The van der Waals surface area contributed by atoms with Crippen LogP contribution in [0.15, 0.2) is 36.4 Å². The van der Waals surface area contributed by atoms with E-state index in [1.54, 1.807) is 6.07 Å². The molecule has 2 rings (SSSR count). The summed E-state index contributed by atoms with van der Waals surface area (Å²) in [4.78, 5) is 4.99. The van der Waals surface area contributed by atoms with Crippen molar-refractivity contribution in [1.29, 1.82) is 0 Å². The summed E-state index contributed by atoms with van der Waals surface area (Å²) in [6.45, 7) is 0.0279. The van der Waals surface area contributed by atoms with Gasteiger partial charge in [-0.1, -0.05) is 12.1 Å². The number of rotatable bonds is 3. The van der Waals surface area contributed by atoms with E-state index >= 15 is 0 Å². The van der Waals surface area contributed by atoms with Crippen molar-refractivity contribution in [3.63, 3.8) is 0 Å². The van der Waals surface area contributed by atoms with Crippen LogP contribution in [-0.2, 0) is 12.7 Å². The summed E-state index contributed by atoms with van der Waals surface area (Å²) in [5, 5.41) is 0. The third kappa shape index (κ3) is 3.30. The minimum Gasteiger partial charge on any atom is -0.329 e. The third-order valence-electron chi connectivity index (χ3n) is 2.98. The summed E-state index contributed by atoms with van der Waals surface area (Å²) >= 11 is 0. The fraction of sp³-hybridized carbons (Fsp3) is 0.214. The maximum Gasteiger partial charge on any atom is 0.433 e. The first-order valence-electron chi connectivity index (χ1n) is 6.09. The summed E-state index contributed by atoms with van der Waals surface area (Å²) in [6.07, 6.45) is -4.55. The quantitative estimate of drug-likeness (QED) is 0.882. The molecule has 7 heteroatoms. The molecule has 0 spiro atoms. The number of halogens is 4. The number of hydrogen-bond acceptors (Lipinski definition) is 3. The molecule has 0 amide bonds. The zero-order chi connectivity index (χ0) is 15.6. The molecule has 0 fully saturated rings. The second-order valence-electron chi connectivity index (χ2n) is 4.42. The average molecular weight is 299 g/mol. The minimum atomic E-state index is -4.55. The standard InChI is InChI=1S/C14H13F4N3/c1-21(11-4-2-3-10(15)7-11)13-9(8-19)5-6-12(20-13)14(16,17)18/h2-7H,8,19H2,1H3. The summed E-state index contributed by atoms with van der Waals surface area (Å²) < 4.78 is 51.5. The zero-order valence-corrected chi connectivity index (χ0v) is 11.2. The molecule has 112 valence electrons. The highest BCUT2D eigenvalue weighted by Crippen LogP contribution is 2.32. The topological polar surface area (TPSA) is 42.2 Å². The molecule has 0 aliphatic carbocycles. The van der Waals surface area contributed by atoms with Gasteiger partial charge in [0.25, 0.3) is 0 Å². The Morgan fingerprint density at radius 1 is 1.19 bits per heavy atom. The summed E-state index contributed by atoms with van der Waals surface area (Å²) in [5.74, 6) is -0.432. The van der Waals surface area contributed by atoms with E-state index in [4.69, 9.17) is 5.73 Å². The lowest BCUT2D eigenvalue weighted by Crippen LogP contribution is -2.18. The van der Waals surface area contributed by atoms with Gasteiger partial charge in [0.05, 0.1) is 0 Å². The highest BCUT2D eigenvalue weighted by atomic mass is 19.4. The second-order valence-corrected chi connectivity index (χ2v) is 4.42. The molecule has 3 nitrogen and oxygen atoms in total. The Balaban J connectivity index is 2.50. The van der Waals surface area contributed by atoms with Crippen LogP contribution in [-0.4, -0.2) is 12.0 Å². The Labute approximate surface area is 119 Å². The molecule has 21 heavy (non-hydrogen) atoms. The minimum absolute atomic E-state index is 0.0279. The number of nitrogens with zero attached hydrogens (tertiary/aromatic N) is 2. The zero-order valence-electron chi connectivity index (χ0n) is 11.2. The molecule has 0 aliphatic rings. The van der Waals surface area contributed by atoms with Gasteiger partial charge in [0.2, 0.25) is 0 Å². The van der Waals surface area contributed by atoms with Gasteiger partial charge >= 0.3 is 6.18 Å². The third-order valence-corrected chi connectivity index (χ3v) is 2.98. The lowest BCUT2D eigenvalue weighted by molar-refractivity contribution is -0.141. The smallest absolute Gasteiger partial charge is 0.329 e. The first-order chi connectivity index (χ1) is 9.82. The Morgan fingerprint density at radius 3 is 2.48 bits per heavy atom. The van der Waals surface area contributed by atoms with Gasteiger partial charge in [-0.05, 0) is 24.3 Å². The maximum absolute atomic E-state index is 13.2. The molecule has 0 aliphatic heterocycles. The monoisotopic (exact) mass is 299 g/mol. The number of hydrogen-bond donors (Lipinski definition) is 1. The highest BCUT2D eigenvalue weighted by Gasteiger charge is 2.33. The molecule has 0 saturated carbocycles. The van der Waals surface area contributed by atoms with E-state index in [9.17, 15) is 17.6 Å². The number of aromatic nitrogens is 1. The summed E-state index contributed by atoms with van der Waals surface area (Å²) in [6, 6.07) is 7.66. The van der Waals surface area contributed by atoms with Crippen LogP contribution in [0.3, 0.4) is 0 Å². The van der Waals surface area contributed by atoms with Crippen molar-refractivity contribution < 1.29 is 17.6 Å². The SMILES string of the molecule is CN(c1cccc(F)c1)c1nc(C(F)(F)F)ccc1CN. The van der Waals surface area contributed by atoms with Crippen molar-refractivity contribution in [3.05, 3.63) is 53.5 Å². The van der Waals surface area contributed by atoms with Crippen molar-refractivity contribution >= 4 is 11.5 Å². The van der Waals surface area contributed by atoms with E-state index in [0.29, 0.717) is 11.3 Å².